The largest absolute Gasteiger partial charge is 0.378 e. The summed E-state index contributed by atoms with van der Waals surface area (Å²) in [7, 11) is 2.12. The Kier molecular flexibility index (Phi) is 8.01. The van der Waals surface area contributed by atoms with Crippen LogP contribution in [0.1, 0.15) is 26.7 Å². The van der Waals surface area contributed by atoms with Gasteiger partial charge in [0.05, 0.1) is 13.2 Å². The molecule has 2 fully saturated rings. The Balaban J connectivity index is 0.00000109. The summed E-state index contributed by atoms with van der Waals surface area (Å²) in [5, 5.41) is 5.99. The summed E-state index contributed by atoms with van der Waals surface area (Å²) in [6.07, 6.45) is 2.03. The van der Waals surface area contributed by atoms with Gasteiger partial charge in [0, 0.05) is 30.5 Å². The molecule has 2 aliphatic rings. The highest BCUT2D eigenvalue weighted by Gasteiger charge is 2.18. The van der Waals surface area contributed by atoms with E-state index >= 15 is 0 Å². The Morgan fingerprint density at radius 3 is 2.24 bits per heavy atom. The SMILES string of the molecule is CC.CN1CCC(NC(=O)Nc2ccc(N3CCOCC3)cc2)CC1. The van der Waals surface area contributed by atoms with Crippen LogP contribution >= 0.6 is 0 Å². The van der Waals surface area contributed by atoms with Crippen molar-refractivity contribution < 1.29 is 9.53 Å². The first-order chi connectivity index (χ1) is 12.2. The van der Waals surface area contributed by atoms with E-state index in [1.165, 1.54) is 5.69 Å². The minimum Gasteiger partial charge on any atom is -0.378 e. The van der Waals surface area contributed by atoms with Crippen molar-refractivity contribution >= 4 is 17.4 Å². The number of likely N-dealkylation sites (tertiary alicyclic amines) is 1. The van der Waals surface area contributed by atoms with E-state index in [0.29, 0.717) is 0 Å². The number of ether oxygens (including phenoxy) is 1. The van der Waals surface area contributed by atoms with Crippen molar-refractivity contribution in [1.82, 2.24) is 10.2 Å². The maximum absolute atomic E-state index is 12.1. The van der Waals surface area contributed by atoms with Crippen LogP contribution in [-0.2, 0) is 4.74 Å². The zero-order chi connectivity index (χ0) is 18.1. The van der Waals surface area contributed by atoms with Crippen LogP contribution in [0.4, 0.5) is 16.2 Å². The van der Waals surface area contributed by atoms with Gasteiger partial charge in [0.25, 0.3) is 0 Å². The van der Waals surface area contributed by atoms with Gasteiger partial charge >= 0.3 is 6.03 Å². The van der Waals surface area contributed by atoms with Crippen molar-refractivity contribution in [1.29, 1.82) is 0 Å². The summed E-state index contributed by atoms with van der Waals surface area (Å²) < 4.78 is 5.37. The minimum absolute atomic E-state index is 0.112. The minimum atomic E-state index is -0.112. The molecule has 0 aliphatic carbocycles. The fourth-order valence-electron chi connectivity index (χ4n) is 3.08. The molecule has 0 radical (unpaired) electrons. The van der Waals surface area contributed by atoms with Gasteiger partial charge < -0.3 is 25.2 Å². The van der Waals surface area contributed by atoms with Crippen LogP contribution in [0, 0.1) is 0 Å². The van der Waals surface area contributed by atoms with Gasteiger partial charge in [-0.25, -0.2) is 4.79 Å². The number of amides is 2. The summed E-state index contributed by atoms with van der Waals surface area (Å²) >= 11 is 0. The average Bonchev–Trinajstić information content (AvgIpc) is 2.66. The second-order valence-corrected chi connectivity index (χ2v) is 6.32. The highest BCUT2D eigenvalue weighted by Crippen LogP contribution is 2.19. The van der Waals surface area contributed by atoms with E-state index in [1.54, 1.807) is 0 Å². The predicted molar refractivity (Wildman–Crippen MR) is 103 cm³/mol. The van der Waals surface area contributed by atoms with Crippen molar-refractivity contribution in [2.75, 3.05) is 56.7 Å². The molecule has 0 atom stereocenters. The van der Waals surface area contributed by atoms with Gasteiger partial charge in [-0.15, -0.1) is 0 Å². The summed E-state index contributed by atoms with van der Waals surface area (Å²) in [6, 6.07) is 8.18. The average molecular weight is 348 g/mol. The molecule has 6 nitrogen and oxygen atoms in total. The molecular formula is C19H32N4O2. The topological polar surface area (TPSA) is 56.8 Å². The summed E-state index contributed by atoms with van der Waals surface area (Å²) in [6.45, 7) is 9.48. The molecule has 2 aliphatic heterocycles. The molecule has 0 saturated carbocycles. The maximum atomic E-state index is 12.1. The van der Waals surface area contributed by atoms with Crippen molar-refractivity contribution in [2.24, 2.45) is 0 Å². The molecule has 1 aromatic rings. The lowest BCUT2D eigenvalue weighted by atomic mass is 10.1. The molecule has 0 aromatic heterocycles. The fraction of sp³-hybridized carbons (Fsp3) is 0.632. The van der Waals surface area contributed by atoms with Crippen LogP contribution in [0.2, 0.25) is 0 Å². The normalized spacial score (nSPS) is 18.9. The van der Waals surface area contributed by atoms with Crippen LogP contribution in [0.15, 0.2) is 24.3 Å². The van der Waals surface area contributed by atoms with Crippen LogP contribution in [0.3, 0.4) is 0 Å². The number of benzene rings is 1. The van der Waals surface area contributed by atoms with Gasteiger partial charge in [0.15, 0.2) is 0 Å². The van der Waals surface area contributed by atoms with Crippen molar-refractivity contribution in [3.8, 4) is 0 Å². The van der Waals surface area contributed by atoms with E-state index in [-0.39, 0.29) is 12.1 Å². The number of hydrogen-bond acceptors (Lipinski definition) is 4. The molecule has 0 spiro atoms. The van der Waals surface area contributed by atoms with Gasteiger partial charge in [-0.3, -0.25) is 0 Å². The van der Waals surface area contributed by atoms with E-state index in [4.69, 9.17) is 4.74 Å². The van der Waals surface area contributed by atoms with Gasteiger partial charge in [-0.1, -0.05) is 13.8 Å². The lowest BCUT2D eigenvalue weighted by Gasteiger charge is -2.29. The monoisotopic (exact) mass is 348 g/mol. The van der Waals surface area contributed by atoms with Crippen LogP contribution < -0.4 is 15.5 Å². The first kappa shape index (κ1) is 19.5. The third-order valence-corrected chi connectivity index (χ3v) is 4.56. The Labute approximate surface area is 151 Å². The van der Waals surface area contributed by atoms with E-state index < -0.39 is 0 Å². The maximum Gasteiger partial charge on any atom is 0.319 e. The third kappa shape index (κ3) is 6.21. The Morgan fingerprint density at radius 2 is 1.64 bits per heavy atom. The molecule has 2 saturated heterocycles. The second-order valence-electron chi connectivity index (χ2n) is 6.32. The van der Waals surface area contributed by atoms with E-state index in [0.717, 1.165) is 57.9 Å². The lowest BCUT2D eigenvalue weighted by Crippen LogP contribution is -2.44. The Morgan fingerprint density at radius 1 is 1.04 bits per heavy atom. The molecule has 0 unspecified atom stereocenters. The number of nitrogens with zero attached hydrogens (tertiary/aromatic N) is 2. The lowest BCUT2D eigenvalue weighted by molar-refractivity contribution is 0.122. The Bertz CT molecular complexity index is 507. The molecule has 2 heterocycles. The Hall–Kier alpha value is -1.79. The second kappa shape index (κ2) is 10.3. The number of rotatable bonds is 3. The quantitative estimate of drug-likeness (QED) is 0.882. The zero-order valence-electron chi connectivity index (χ0n) is 15.8. The van der Waals surface area contributed by atoms with Gasteiger partial charge in [-0.2, -0.15) is 0 Å². The van der Waals surface area contributed by atoms with E-state index in [2.05, 4.69) is 39.6 Å². The molecular weight excluding hydrogens is 316 g/mol. The number of carbonyl (C=O) groups excluding carboxylic acids is 1. The summed E-state index contributed by atoms with van der Waals surface area (Å²) in [4.78, 5) is 16.7. The number of anilines is 2. The van der Waals surface area contributed by atoms with Crippen molar-refractivity contribution in [3.63, 3.8) is 0 Å². The van der Waals surface area contributed by atoms with Crippen molar-refractivity contribution in [3.05, 3.63) is 24.3 Å². The fourth-order valence-corrected chi connectivity index (χ4v) is 3.08. The highest BCUT2D eigenvalue weighted by molar-refractivity contribution is 5.89. The number of morpholine rings is 1. The molecule has 140 valence electrons. The van der Waals surface area contributed by atoms with E-state index in [9.17, 15) is 4.79 Å². The van der Waals surface area contributed by atoms with Gasteiger partial charge in [-0.05, 0) is 57.2 Å². The summed E-state index contributed by atoms with van der Waals surface area (Å²) in [5.41, 5.74) is 2.00. The first-order valence-electron chi connectivity index (χ1n) is 9.39. The molecule has 25 heavy (non-hydrogen) atoms. The van der Waals surface area contributed by atoms with Crippen molar-refractivity contribution in [2.45, 2.75) is 32.7 Å². The number of hydrogen-bond donors (Lipinski definition) is 2. The third-order valence-electron chi connectivity index (χ3n) is 4.56. The molecule has 1 aromatic carbocycles. The van der Waals surface area contributed by atoms with Crippen LogP contribution in [0.5, 0.6) is 0 Å². The van der Waals surface area contributed by atoms with Gasteiger partial charge in [0.1, 0.15) is 0 Å². The number of carbonyl (C=O) groups is 1. The number of piperidine rings is 1. The molecule has 3 rings (SSSR count). The smallest absolute Gasteiger partial charge is 0.319 e. The molecule has 6 heteroatoms. The van der Waals surface area contributed by atoms with Crippen LogP contribution in [0.25, 0.3) is 0 Å². The standard InChI is InChI=1S/C17H26N4O2.C2H6/c1-20-8-6-15(7-9-20)19-17(22)18-14-2-4-16(5-3-14)21-10-12-23-13-11-21;1-2/h2-5,15H,6-13H2,1H3,(H2,18,19,22);1-2H3. The predicted octanol–water partition coefficient (Wildman–Crippen LogP) is 2.77. The zero-order valence-corrected chi connectivity index (χ0v) is 15.8. The first-order valence-corrected chi connectivity index (χ1v) is 9.39. The molecule has 2 amide bonds. The van der Waals surface area contributed by atoms with Crippen LogP contribution in [-0.4, -0.2) is 63.4 Å². The highest BCUT2D eigenvalue weighted by atomic mass is 16.5. The number of urea groups is 1. The molecule has 2 N–H and O–H groups in total. The number of nitrogens with one attached hydrogen (secondary N) is 2. The summed E-state index contributed by atoms with van der Waals surface area (Å²) in [5.74, 6) is 0. The van der Waals surface area contributed by atoms with E-state index in [1.807, 2.05) is 26.0 Å². The molecule has 0 bridgehead atoms. The van der Waals surface area contributed by atoms with Gasteiger partial charge in [0.2, 0.25) is 0 Å².